The van der Waals surface area contributed by atoms with Gasteiger partial charge in [-0.1, -0.05) is 46.5 Å². The quantitative estimate of drug-likeness (QED) is 0.763. The van der Waals surface area contributed by atoms with Crippen molar-refractivity contribution in [3.63, 3.8) is 0 Å². The Morgan fingerprint density at radius 2 is 1.65 bits per heavy atom. The first-order valence-corrected chi connectivity index (χ1v) is 7.36. The van der Waals surface area contributed by atoms with Gasteiger partial charge in [-0.2, -0.15) is 0 Å². The molecule has 0 heterocycles. The van der Waals surface area contributed by atoms with E-state index in [0.717, 1.165) is 12.6 Å². The van der Waals surface area contributed by atoms with Crippen LogP contribution in [0.5, 0.6) is 0 Å². The van der Waals surface area contributed by atoms with Gasteiger partial charge in [0, 0.05) is 18.6 Å². The molecule has 1 aliphatic carbocycles. The lowest BCUT2D eigenvalue weighted by molar-refractivity contribution is 0.125. The first kappa shape index (κ1) is 15.0. The van der Waals surface area contributed by atoms with E-state index in [1.165, 1.54) is 44.9 Å². The van der Waals surface area contributed by atoms with Gasteiger partial charge in [0.25, 0.3) is 0 Å². The molecule has 2 heteroatoms. The van der Waals surface area contributed by atoms with Crippen molar-refractivity contribution in [3.05, 3.63) is 0 Å². The minimum absolute atomic E-state index is 0.378. The maximum Gasteiger partial charge on any atom is 0.0223 e. The van der Waals surface area contributed by atoms with Crippen molar-refractivity contribution in [2.45, 2.75) is 77.8 Å². The first-order valence-electron chi connectivity index (χ1n) is 7.36. The Balaban J connectivity index is 2.54. The van der Waals surface area contributed by atoms with Crippen LogP contribution < -0.4 is 5.73 Å². The molecule has 2 N–H and O–H groups in total. The maximum absolute atomic E-state index is 5.98. The third kappa shape index (κ3) is 5.39. The zero-order chi connectivity index (χ0) is 12.9. The van der Waals surface area contributed by atoms with E-state index in [1.54, 1.807) is 0 Å². The molecule has 17 heavy (non-hydrogen) atoms. The number of nitrogens with zero attached hydrogens (tertiary/aromatic N) is 1. The van der Waals surface area contributed by atoms with E-state index in [9.17, 15) is 0 Å². The van der Waals surface area contributed by atoms with E-state index in [2.05, 4.69) is 32.7 Å². The summed E-state index contributed by atoms with van der Waals surface area (Å²) >= 11 is 0. The highest BCUT2D eigenvalue weighted by molar-refractivity contribution is 4.82. The predicted molar refractivity (Wildman–Crippen MR) is 76.2 cm³/mol. The van der Waals surface area contributed by atoms with Crippen LogP contribution in [-0.2, 0) is 0 Å². The average Bonchev–Trinajstić information content (AvgIpc) is 2.52. The van der Waals surface area contributed by atoms with Crippen LogP contribution in [0.4, 0.5) is 0 Å². The van der Waals surface area contributed by atoms with Gasteiger partial charge in [0.1, 0.15) is 0 Å². The number of hydrogen-bond acceptors (Lipinski definition) is 2. The number of nitrogens with two attached hydrogens (primary N) is 1. The summed E-state index contributed by atoms with van der Waals surface area (Å²) in [7, 11) is 2.29. The molecule has 0 amide bonds. The Labute approximate surface area is 108 Å². The highest BCUT2D eigenvalue weighted by Gasteiger charge is 2.26. The van der Waals surface area contributed by atoms with Crippen LogP contribution >= 0.6 is 0 Å². The van der Waals surface area contributed by atoms with Gasteiger partial charge < -0.3 is 5.73 Å². The van der Waals surface area contributed by atoms with Gasteiger partial charge >= 0.3 is 0 Å². The van der Waals surface area contributed by atoms with Gasteiger partial charge in [0.15, 0.2) is 0 Å². The third-order valence-corrected chi connectivity index (χ3v) is 4.10. The number of rotatable bonds is 4. The normalized spacial score (nSPS) is 21.5. The molecule has 0 aromatic carbocycles. The largest absolute Gasteiger partial charge is 0.329 e. The average molecular weight is 240 g/mol. The molecule has 2 nitrogen and oxygen atoms in total. The molecular weight excluding hydrogens is 208 g/mol. The van der Waals surface area contributed by atoms with E-state index >= 15 is 0 Å². The molecule has 0 aromatic heterocycles. The summed E-state index contributed by atoms with van der Waals surface area (Å²) in [5.41, 5.74) is 6.36. The zero-order valence-corrected chi connectivity index (χ0v) is 12.3. The fraction of sp³-hybridized carbons (Fsp3) is 1.00. The second-order valence-electron chi connectivity index (χ2n) is 6.97. The third-order valence-electron chi connectivity index (χ3n) is 4.10. The van der Waals surface area contributed by atoms with E-state index in [-0.39, 0.29) is 0 Å². The van der Waals surface area contributed by atoms with Crippen LogP contribution in [0.15, 0.2) is 0 Å². The molecule has 0 aliphatic heterocycles. The van der Waals surface area contributed by atoms with Crippen LogP contribution in [-0.4, -0.2) is 30.6 Å². The fourth-order valence-corrected chi connectivity index (χ4v) is 3.06. The predicted octanol–water partition coefficient (Wildman–Crippen LogP) is 3.40. The number of likely N-dealkylation sites (N-methyl/N-ethyl adjacent to an activating group) is 1. The molecule has 0 aromatic rings. The molecular formula is C15H32N2. The van der Waals surface area contributed by atoms with Crippen molar-refractivity contribution in [3.8, 4) is 0 Å². The maximum atomic E-state index is 5.98. The Hall–Kier alpha value is -0.0800. The van der Waals surface area contributed by atoms with Crippen molar-refractivity contribution in [2.24, 2.45) is 11.1 Å². The molecule has 1 rings (SSSR count). The van der Waals surface area contributed by atoms with E-state index in [0.29, 0.717) is 11.5 Å². The van der Waals surface area contributed by atoms with E-state index in [1.807, 2.05) is 0 Å². The van der Waals surface area contributed by atoms with Gasteiger partial charge in [0.05, 0.1) is 0 Å². The minimum atomic E-state index is 0.378. The lowest BCUT2D eigenvalue weighted by Crippen LogP contribution is -2.45. The van der Waals surface area contributed by atoms with Crippen molar-refractivity contribution >= 4 is 0 Å². The van der Waals surface area contributed by atoms with Crippen molar-refractivity contribution < 1.29 is 0 Å². The summed E-state index contributed by atoms with van der Waals surface area (Å²) < 4.78 is 0. The lowest BCUT2D eigenvalue weighted by Gasteiger charge is -2.37. The summed E-state index contributed by atoms with van der Waals surface area (Å²) in [6.45, 7) is 7.74. The first-order chi connectivity index (χ1) is 7.94. The summed E-state index contributed by atoms with van der Waals surface area (Å²) in [4.78, 5) is 2.58. The molecule has 0 spiro atoms. The molecule has 1 aliphatic rings. The lowest BCUT2D eigenvalue weighted by atomic mass is 9.87. The van der Waals surface area contributed by atoms with Gasteiger partial charge in [-0.05, 0) is 31.7 Å². The van der Waals surface area contributed by atoms with Crippen molar-refractivity contribution in [1.82, 2.24) is 4.90 Å². The van der Waals surface area contributed by atoms with Gasteiger partial charge in [-0.15, -0.1) is 0 Å². The van der Waals surface area contributed by atoms with Crippen molar-refractivity contribution in [1.29, 1.82) is 0 Å². The second-order valence-corrected chi connectivity index (χ2v) is 6.97. The molecule has 0 saturated heterocycles. The summed E-state index contributed by atoms with van der Waals surface area (Å²) in [6.07, 6.45) is 9.61. The van der Waals surface area contributed by atoms with Gasteiger partial charge in [-0.3, -0.25) is 4.90 Å². The molecule has 0 radical (unpaired) electrons. The highest BCUT2D eigenvalue weighted by atomic mass is 15.2. The molecule has 102 valence electrons. The fourth-order valence-electron chi connectivity index (χ4n) is 3.06. The van der Waals surface area contributed by atoms with Crippen molar-refractivity contribution in [2.75, 3.05) is 13.6 Å². The highest BCUT2D eigenvalue weighted by Crippen LogP contribution is 2.27. The van der Waals surface area contributed by atoms with Crippen LogP contribution in [0.2, 0.25) is 0 Å². The van der Waals surface area contributed by atoms with Crippen LogP contribution in [0, 0.1) is 5.41 Å². The molecule has 1 atom stereocenters. The minimum Gasteiger partial charge on any atom is -0.329 e. The van der Waals surface area contributed by atoms with E-state index < -0.39 is 0 Å². The Bertz CT molecular complexity index is 199. The summed E-state index contributed by atoms with van der Waals surface area (Å²) in [6, 6.07) is 1.33. The van der Waals surface area contributed by atoms with Crippen LogP contribution in [0.3, 0.4) is 0 Å². The van der Waals surface area contributed by atoms with Crippen LogP contribution in [0.25, 0.3) is 0 Å². The topological polar surface area (TPSA) is 29.3 Å². The summed E-state index contributed by atoms with van der Waals surface area (Å²) in [5.74, 6) is 0. The second kappa shape index (κ2) is 6.75. The zero-order valence-electron chi connectivity index (χ0n) is 12.3. The Morgan fingerprint density at radius 1 is 1.12 bits per heavy atom. The molecule has 1 fully saturated rings. The Kier molecular flexibility index (Phi) is 5.94. The standard InChI is InChI=1S/C15H32N2/c1-15(2,3)11-14(12-16)17(4)13-9-7-5-6-8-10-13/h13-14H,5-12,16H2,1-4H3. The molecule has 1 unspecified atom stereocenters. The Morgan fingerprint density at radius 3 is 2.06 bits per heavy atom. The van der Waals surface area contributed by atoms with Gasteiger partial charge in [0.2, 0.25) is 0 Å². The monoisotopic (exact) mass is 240 g/mol. The van der Waals surface area contributed by atoms with E-state index in [4.69, 9.17) is 5.73 Å². The van der Waals surface area contributed by atoms with Crippen LogP contribution in [0.1, 0.15) is 65.7 Å². The molecule has 0 bridgehead atoms. The molecule has 1 saturated carbocycles. The number of hydrogen-bond donors (Lipinski definition) is 1. The smallest absolute Gasteiger partial charge is 0.0223 e. The van der Waals surface area contributed by atoms with Gasteiger partial charge in [-0.25, -0.2) is 0 Å². The SMILES string of the molecule is CN(C1CCCCCC1)C(CN)CC(C)(C)C. The summed E-state index contributed by atoms with van der Waals surface area (Å²) in [5, 5.41) is 0.